The lowest BCUT2D eigenvalue weighted by Gasteiger charge is -2.16. The van der Waals surface area contributed by atoms with E-state index in [2.05, 4.69) is 6.92 Å². The van der Waals surface area contributed by atoms with E-state index in [1.165, 1.54) is 21.8 Å². The predicted molar refractivity (Wildman–Crippen MR) is 121 cm³/mol. The van der Waals surface area contributed by atoms with Crippen molar-refractivity contribution in [2.45, 2.75) is 40.0 Å². The average Bonchev–Trinajstić information content (AvgIpc) is 3.48. The minimum atomic E-state index is -0.421. The first-order chi connectivity index (χ1) is 15.4. The summed E-state index contributed by atoms with van der Waals surface area (Å²) < 4.78 is 18.2. The summed E-state index contributed by atoms with van der Waals surface area (Å²) in [5.41, 5.74) is 4.39. The second-order valence-corrected chi connectivity index (χ2v) is 9.70. The minimum absolute atomic E-state index is 0.212. The van der Waals surface area contributed by atoms with Gasteiger partial charge < -0.3 is 18.8 Å². The molecule has 1 aromatic carbocycles. The first kappa shape index (κ1) is 20.8. The van der Waals surface area contributed by atoms with Crippen LogP contribution in [0, 0.1) is 19.8 Å². The zero-order valence-electron chi connectivity index (χ0n) is 18.4. The highest BCUT2D eigenvalue weighted by molar-refractivity contribution is 7.14. The van der Waals surface area contributed by atoms with Gasteiger partial charge in [-0.1, -0.05) is 6.92 Å². The van der Waals surface area contributed by atoms with Crippen molar-refractivity contribution >= 4 is 23.1 Å². The Morgan fingerprint density at radius 3 is 2.81 bits per heavy atom. The van der Waals surface area contributed by atoms with Crippen LogP contribution >= 0.6 is 11.3 Å². The van der Waals surface area contributed by atoms with Gasteiger partial charge in [-0.15, -0.1) is 11.3 Å². The lowest BCUT2D eigenvalue weighted by atomic mass is 9.90. The Balaban J connectivity index is 1.30. The summed E-state index contributed by atoms with van der Waals surface area (Å²) in [5.74, 6) is 1.40. The van der Waals surface area contributed by atoms with Gasteiger partial charge in [0.15, 0.2) is 18.1 Å². The van der Waals surface area contributed by atoms with E-state index in [-0.39, 0.29) is 19.2 Å². The standard InChI is InChI=1S/C25H25NO5S/c1-14-4-7-23-17(8-14)10-24(32-23)25(28)29-12-20(27)19-9-15(2)26(16(19)3)18-5-6-21-22(11-18)31-13-30-21/h5-6,9-11,14H,4,7-8,12-13H2,1-3H3/t14-/m0/s1. The first-order valence-electron chi connectivity index (χ1n) is 10.8. The average molecular weight is 452 g/mol. The van der Waals surface area contributed by atoms with Crippen LogP contribution in [0.25, 0.3) is 5.69 Å². The molecule has 32 heavy (non-hydrogen) atoms. The number of nitrogens with zero attached hydrogens (tertiary/aromatic N) is 1. The molecule has 3 heterocycles. The maximum atomic E-state index is 12.9. The molecule has 1 aliphatic heterocycles. The fourth-order valence-corrected chi connectivity index (χ4v) is 5.66. The minimum Gasteiger partial charge on any atom is -0.454 e. The molecule has 2 aliphatic rings. The number of fused-ring (bicyclic) bond motifs is 2. The topological polar surface area (TPSA) is 66.8 Å². The van der Waals surface area contributed by atoms with Crippen molar-refractivity contribution in [1.82, 2.24) is 4.57 Å². The number of benzene rings is 1. The van der Waals surface area contributed by atoms with Crippen LogP contribution in [0.4, 0.5) is 0 Å². The number of esters is 1. The van der Waals surface area contributed by atoms with E-state index in [4.69, 9.17) is 14.2 Å². The van der Waals surface area contributed by atoms with E-state index in [1.807, 2.05) is 48.7 Å². The molecule has 0 N–H and O–H groups in total. The van der Waals surface area contributed by atoms with Crippen LogP contribution in [0.5, 0.6) is 11.5 Å². The number of aromatic nitrogens is 1. The lowest BCUT2D eigenvalue weighted by molar-refractivity contribution is 0.0479. The number of hydrogen-bond donors (Lipinski definition) is 0. The summed E-state index contributed by atoms with van der Waals surface area (Å²) in [6.45, 7) is 6.00. The number of ketones is 1. The van der Waals surface area contributed by atoms with E-state index in [0.717, 1.165) is 36.3 Å². The number of carbonyl (C=O) groups is 2. The van der Waals surface area contributed by atoms with Gasteiger partial charge in [0, 0.05) is 33.6 Å². The molecule has 0 bridgehead atoms. The fourth-order valence-electron chi connectivity index (χ4n) is 4.55. The third-order valence-electron chi connectivity index (χ3n) is 6.21. The molecule has 166 valence electrons. The molecule has 0 amide bonds. The number of carbonyl (C=O) groups excluding carboxylic acids is 2. The van der Waals surface area contributed by atoms with Crippen molar-refractivity contribution in [3.05, 3.63) is 62.6 Å². The molecule has 1 atom stereocenters. The van der Waals surface area contributed by atoms with Crippen molar-refractivity contribution in [1.29, 1.82) is 0 Å². The number of ether oxygens (including phenoxy) is 3. The van der Waals surface area contributed by atoms with Crippen LogP contribution in [0.2, 0.25) is 0 Å². The van der Waals surface area contributed by atoms with Crippen molar-refractivity contribution in [2.75, 3.05) is 13.4 Å². The quantitative estimate of drug-likeness (QED) is 0.401. The molecule has 0 spiro atoms. The van der Waals surface area contributed by atoms with Crippen molar-refractivity contribution < 1.29 is 23.8 Å². The molecule has 7 heteroatoms. The summed E-state index contributed by atoms with van der Waals surface area (Å²) in [7, 11) is 0. The van der Waals surface area contributed by atoms with Gasteiger partial charge in [-0.05, 0) is 68.9 Å². The molecule has 5 rings (SSSR count). The lowest BCUT2D eigenvalue weighted by Crippen LogP contribution is -2.14. The molecule has 0 saturated carbocycles. The van der Waals surface area contributed by atoms with E-state index in [0.29, 0.717) is 27.9 Å². The predicted octanol–water partition coefficient (Wildman–Crippen LogP) is 5.05. The molecular weight excluding hydrogens is 426 g/mol. The van der Waals surface area contributed by atoms with Gasteiger partial charge in [0.05, 0.1) is 0 Å². The van der Waals surface area contributed by atoms with Gasteiger partial charge in [0.2, 0.25) is 12.6 Å². The van der Waals surface area contributed by atoms with Crippen LogP contribution in [-0.2, 0) is 17.6 Å². The molecule has 0 saturated heterocycles. The SMILES string of the molecule is Cc1cc(C(=O)COC(=O)c2cc3c(s2)CC[C@H](C)C3)c(C)n1-c1ccc2c(c1)OCO2. The largest absolute Gasteiger partial charge is 0.454 e. The fraction of sp³-hybridized carbons (Fsp3) is 0.360. The summed E-state index contributed by atoms with van der Waals surface area (Å²) in [5, 5.41) is 0. The zero-order chi connectivity index (χ0) is 22.4. The third-order valence-corrected chi connectivity index (χ3v) is 7.43. The maximum Gasteiger partial charge on any atom is 0.348 e. The normalized spacial score (nSPS) is 16.7. The van der Waals surface area contributed by atoms with E-state index in [1.54, 1.807) is 0 Å². The Morgan fingerprint density at radius 2 is 1.97 bits per heavy atom. The van der Waals surface area contributed by atoms with Crippen molar-refractivity contribution in [2.24, 2.45) is 5.92 Å². The molecule has 3 aromatic rings. The van der Waals surface area contributed by atoms with E-state index in [9.17, 15) is 9.59 Å². The highest BCUT2D eigenvalue weighted by Crippen LogP contribution is 2.35. The van der Waals surface area contributed by atoms with Crippen molar-refractivity contribution in [3.8, 4) is 17.2 Å². The Hall–Kier alpha value is -3.06. The summed E-state index contributed by atoms with van der Waals surface area (Å²) in [4.78, 5) is 27.3. The van der Waals surface area contributed by atoms with Gasteiger partial charge in [-0.3, -0.25) is 4.79 Å². The molecule has 0 unspecified atom stereocenters. The molecule has 0 radical (unpaired) electrons. The Labute approximate surface area is 190 Å². The summed E-state index contributed by atoms with van der Waals surface area (Å²) >= 11 is 1.50. The van der Waals surface area contributed by atoms with Gasteiger partial charge in [-0.2, -0.15) is 0 Å². The molecule has 1 aliphatic carbocycles. The highest BCUT2D eigenvalue weighted by atomic mass is 32.1. The molecule has 2 aromatic heterocycles. The number of thiophene rings is 1. The van der Waals surface area contributed by atoms with Crippen molar-refractivity contribution in [3.63, 3.8) is 0 Å². The number of Topliss-reactive ketones (excluding diaryl/α,β-unsaturated/α-hetero) is 1. The number of rotatable bonds is 5. The molecule has 0 fully saturated rings. The van der Waals surface area contributed by atoms with E-state index < -0.39 is 5.97 Å². The van der Waals surface area contributed by atoms with Crippen LogP contribution in [-0.4, -0.2) is 29.7 Å². The van der Waals surface area contributed by atoms with Crippen LogP contribution < -0.4 is 9.47 Å². The van der Waals surface area contributed by atoms with Crippen LogP contribution in [0.3, 0.4) is 0 Å². The molecule has 6 nitrogen and oxygen atoms in total. The van der Waals surface area contributed by atoms with Gasteiger partial charge in [0.25, 0.3) is 0 Å². The van der Waals surface area contributed by atoms with Gasteiger partial charge in [0.1, 0.15) is 4.88 Å². The summed E-state index contributed by atoms with van der Waals surface area (Å²) in [6, 6.07) is 9.47. The first-order valence-corrected chi connectivity index (χ1v) is 11.6. The zero-order valence-corrected chi connectivity index (χ0v) is 19.2. The second kappa shape index (κ2) is 8.13. The second-order valence-electron chi connectivity index (χ2n) is 8.56. The maximum absolute atomic E-state index is 12.9. The van der Waals surface area contributed by atoms with Gasteiger partial charge >= 0.3 is 5.97 Å². The highest BCUT2D eigenvalue weighted by Gasteiger charge is 2.23. The van der Waals surface area contributed by atoms with Gasteiger partial charge in [-0.25, -0.2) is 4.79 Å². The molecular formula is C25H25NO5S. The smallest absolute Gasteiger partial charge is 0.348 e. The van der Waals surface area contributed by atoms with Crippen LogP contribution in [0.1, 0.15) is 55.2 Å². The Bertz CT molecular complexity index is 1220. The van der Waals surface area contributed by atoms with Crippen LogP contribution in [0.15, 0.2) is 30.3 Å². The summed E-state index contributed by atoms with van der Waals surface area (Å²) in [6.07, 6.45) is 3.17. The number of hydrogen-bond acceptors (Lipinski definition) is 6. The number of aryl methyl sites for hydroxylation is 2. The Kier molecular flexibility index (Phi) is 5.29. The third kappa shape index (κ3) is 3.71. The Morgan fingerprint density at radius 1 is 1.16 bits per heavy atom. The monoisotopic (exact) mass is 451 g/mol. The van der Waals surface area contributed by atoms with E-state index >= 15 is 0 Å².